The van der Waals surface area contributed by atoms with E-state index >= 15 is 0 Å². The lowest BCUT2D eigenvalue weighted by molar-refractivity contribution is 0.231. The van der Waals surface area contributed by atoms with Crippen LogP contribution >= 0.6 is 23.2 Å². The molecule has 1 atom stereocenters. The summed E-state index contributed by atoms with van der Waals surface area (Å²) in [5, 5.41) is 19.3. The fourth-order valence-corrected chi connectivity index (χ4v) is 3.15. The van der Waals surface area contributed by atoms with Crippen molar-refractivity contribution in [2.75, 3.05) is 0 Å². The minimum Gasteiger partial charge on any atom is -0.458 e. The molecule has 0 amide bonds. The summed E-state index contributed by atoms with van der Waals surface area (Å²) in [6.07, 6.45) is 0. The molecule has 2 heterocycles. The number of allylic oxidation sites excluding steroid dienone is 1. The molecule has 24 heavy (non-hydrogen) atoms. The number of nitriles is 1. The van der Waals surface area contributed by atoms with Gasteiger partial charge in [-0.1, -0.05) is 29.3 Å². The summed E-state index contributed by atoms with van der Waals surface area (Å²) >= 11 is 12.5. The Balaban J connectivity index is 2.38. The number of hydrogen-bond acceptors (Lipinski definition) is 6. The zero-order valence-electron chi connectivity index (χ0n) is 12.0. The van der Waals surface area contributed by atoms with E-state index < -0.39 is 18.0 Å². The van der Waals surface area contributed by atoms with E-state index in [0.29, 0.717) is 5.56 Å². The summed E-state index contributed by atoms with van der Waals surface area (Å²) in [4.78, 5) is 12.2. The molecule has 0 saturated carbocycles. The lowest BCUT2D eigenvalue weighted by atomic mass is 9.87. The van der Waals surface area contributed by atoms with Gasteiger partial charge in [0.2, 0.25) is 17.1 Å². The van der Waals surface area contributed by atoms with Crippen molar-refractivity contribution in [2.45, 2.75) is 12.5 Å². The molecule has 0 saturated heterocycles. The molecule has 6 nitrogen and oxygen atoms in total. The third-order valence-electron chi connectivity index (χ3n) is 3.57. The molecule has 0 bridgehead atoms. The molecule has 2 aromatic rings. The van der Waals surface area contributed by atoms with Gasteiger partial charge in [0.25, 0.3) is 0 Å². The van der Waals surface area contributed by atoms with E-state index in [4.69, 9.17) is 38.1 Å². The zero-order chi connectivity index (χ0) is 17.4. The number of nitrogens with two attached hydrogens (primary N) is 1. The number of aliphatic hydroxyl groups is 1. The number of halogens is 2. The number of nitrogens with zero attached hydrogens (tertiary/aromatic N) is 1. The summed E-state index contributed by atoms with van der Waals surface area (Å²) in [5.41, 5.74) is 5.63. The molecule has 8 heteroatoms. The number of aliphatic hydroxyl groups excluding tert-OH is 1. The topological polar surface area (TPSA) is 109 Å². The van der Waals surface area contributed by atoms with Gasteiger partial charge in [-0.2, -0.15) is 5.26 Å². The van der Waals surface area contributed by atoms with Gasteiger partial charge in [0.05, 0.1) is 5.92 Å². The Morgan fingerprint density at radius 2 is 2.00 bits per heavy atom. The maximum atomic E-state index is 12.2. The average Bonchev–Trinajstić information content (AvgIpc) is 2.55. The highest BCUT2D eigenvalue weighted by atomic mass is 35.5. The molecular formula is C16H10Cl2N2O4. The Hall–Kier alpha value is -2.46. The first-order valence-corrected chi connectivity index (χ1v) is 7.52. The van der Waals surface area contributed by atoms with E-state index in [2.05, 4.69) is 0 Å². The first-order chi connectivity index (χ1) is 11.5. The molecule has 0 radical (unpaired) electrons. The predicted molar refractivity (Wildman–Crippen MR) is 86.7 cm³/mol. The standard InChI is InChI=1S/C16H10Cl2N2O4/c17-9-2-1-3-10(18)13(9)12-8(5-19)16(20)24-14-11(22)4-7(6-21)23-15(12)14/h1-4,12,21H,6,20H2. The van der Waals surface area contributed by atoms with Gasteiger partial charge in [0, 0.05) is 21.7 Å². The third kappa shape index (κ3) is 2.53. The van der Waals surface area contributed by atoms with Gasteiger partial charge in [-0.25, -0.2) is 0 Å². The number of ether oxygens (including phenoxy) is 1. The van der Waals surface area contributed by atoms with Gasteiger partial charge in [0.1, 0.15) is 24.0 Å². The highest BCUT2D eigenvalue weighted by Crippen LogP contribution is 2.45. The molecule has 122 valence electrons. The summed E-state index contributed by atoms with van der Waals surface area (Å²) in [5.74, 6) is -1.26. The fourth-order valence-electron chi connectivity index (χ4n) is 2.54. The van der Waals surface area contributed by atoms with Crippen molar-refractivity contribution >= 4 is 23.2 Å². The van der Waals surface area contributed by atoms with Crippen LogP contribution in [-0.2, 0) is 6.61 Å². The van der Waals surface area contributed by atoms with Crippen LogP contribution in [0, 0.1) is 11.3 Å². The van der Waals surface area contributed by atoms with E-state index in [0.717, 1.165) is 6.07 Å². The van der Waals surface area contributed by atoms with Crippen molar-refractivity contribution < 1.29 is 14.3 Å². The second kappa shape index (κ2) is 6.21. The minimum absolute atomic E-state index is 0.00994. The Kier molecular flexibility index (Phi) is 4.24. The fraction of sp³-hybridized carbons (Fsp3) is 0.125. The van der Waals surface area contributed by atoms with E-state index in [1.165, 1.54) is 0 Å². The van der Waals surface area contributed by atoms with Crippen LogP contribution in [0.25, 0.3) is 0 Å². The zero-order valence-corrected chi connectivity index (χ0v) is 13.6. The van der Waals surface area contributed by atoms with Gasteiger partial charge >= 0.3 is 0 Å². The van der Waals surface area contributed by atoms with Crippen molar-refractivity contribution in [3.8, 4) is 11.8 Å². The molecule has 1 aromatic carbocycles. The van der Waals surface area contributed by atoms with Gasteiger partial charge in [-0.15, -0.1) is 0 Å². The number of hydrogen-bond donors (Lipinski definition) is 2. The lowest BCUT2D eigenvalue weighted by Gasteiger charge is -2.25. The van der Waals surface area contributed by atoms with Crippen LogP contribution in [0.15, 0.2) is 44.9 Å². The molecule has 0 spiro atoms. The van der Waals surface area contributed by atoms with E-state index in [1.807, 2.05) is 6.07 Å². The van der Waals surface area contributed by atoms with Crippen molar-refractivity contribution in [2.24, 2.45) is 5.73 Å². The molecule has 3 rings (SSSR count). The predicted octanol–water partition coefficient (Wildman–Crippen LogP) is 2.66. The van der Waals surface area contributed by atoms with E-state index in [-0.39, 0.29) is 38.8 Å². The number of benzene rings is 1. The van der Waals surface area contributed by atoms with Crippen molar-refractivity contribution in [1.82, 2.24) is 0 Å². The Morgan fingerprint density at radius 3 is 2.58 bits per heavy atom. The summed E-state index contributed by atoms with van der Waals surface area (Å²) in [7, 11) is 0. The quantitative estimate of drug-likeness (QED) is 0.847. The molecular weight excluding hydrogens is 355 g/mol. The molecule has 0 aliphatic carbocycles. The summed E-state index contributed by atoms with van der Waals surface area (Å²) < 4.78 is 10.8. The van der Waals surface area contributed by atoms with Gasteiger partial charge in [0.15, 0.2) is 5.76 Å². The molecule has 1 aliphatic heterocycles. The van der Waals surface area contributed by atoms with E-state index in [1.54, 1.807) is 18.2 Å². The Morgan fingerprint density at radius 1 is 1.33 bits per heavy atom. The summed E-state index contributed by atoms with van der Waals surface area (Å²) in [6.45, 7) is -0.493. The Bertz CT molecular complexity index is 939. The smallest absolute Gasteiger partial charge is 0.228 e. The molecule has 1 aliphatic rings. The van der Waals surface area contributed by atoms with E-state index in [9.17, 15) is 15.2 Å². The second-order valence-electron chi connectivity index (χ2n) is 4.99. The molecule has 1 aromatic heterocycles. The van der Waals surface area contributed by atoms with Crippen LogP contribution in [0.3, 0.4) is 0 Å². The first kappa shape index (κ1) is 16.4. The number of fused-ring (bicyclic) bond motifs is 1. The van der Waals surface area contributed by atoms with Crippen molar-refractivity contribution in [1.29, 1.82) is 5.26 Å². The van der Waals surface area contributed by atoms with Crippen LogP contribution in [0.4, 0.5) is 0 Å². The van der Waals surface area contributed by atoms with Crippen molar-refractivity contribution in [3.63, 3.8) is 0 Å². The van der Waals surface area contributed by atoms with Crippen LogP contribution in [0.2, 0.25) is 10.0 Å². The van der Waals surface area contributed by atoms with Gasteiger partial charge in [-0.05, 0) is 12.1 Å². The highest BCUT2D eigenvalue weighted by Gasteiger charge is 2.37. The monoisotopic (exact) mass is 364 g/mol. The van der Waals surface area contributed by atoms with Crippen LogP contribution in [0.1, 0.15) is 23.0 Å². The minimum atomic E-state index is -0.917. The van der Waals surface area contributed by atoms with Crippen LogP contribution in [-0.4, -0.2) is 5.11 Å². The summed E-state index contributed by atoms with van der Waals surface area (Å²) in [6, 6.07) is 7.87. The molecule has 0 fully saturated rings. The Labute approximate surface area is 146 Å². The number of rotatable bonds is 2. The highest BCUT2D eigenvalue weighted by molar-refractivity contribution is 6.36. The van der Waals surface area contributed by atoms with Crippen molar-refractivity contribution in [3.05, 3.63) is 73.1 Å². The lowest BCUT2D eigenvalue weighted by Crippen LogP contribution is -2.25. The van der Waals surface area contributed by atoms with Gasteiger partial charge < -0.3 is 20.0 Å². The molecule has 3 N–H and O–H groups in total. The van der Waals surface area contributed by atoms with Crippen LogP contribution in [0.5, 0.6) is 5.75 Å². The maximum Gasteiger partial charge on any atom is 0.228 e. The third-order valence-corrected chi connectivity index (χ3v) is 4.23. The van der Waals surface area contributed by atoms with Gasteiger partial charge in [-0.3, -0.25) is 4.79 Å². The first-order valence-electron chi connectivity index (χ1n) is 6.77. The maximum absolute atomic E-state index is 12.2. The second-order valence-corrected chi connectivity index (χ2v) is 5.80. The SMILES string of the molecule is N#CC1=C(N)Oc2c(oc(CO)cc2=O)C1c1c(Cl)cccc1Cl. The normalized spacial score (nSPS) is 16.3. The average molecular weight is 365 g/mol. The molecule has 1 unspecified atom stereocenters. The largest absolute Gasteiger partial charge is 0.458 e. The van der Waals surface area contributed by atoms with Crippen LogP contribution < -0.4 is 15.9 Å².